The molecule has 4 rings (SSSR count). The highest BCUT2D eigenvalue weighted by molar-refractivity contribution is 7.87. The molecule has 1 atom stereocenters. The van der Waals surface area contributed by atoms with E-state index in [0.29, 0.717) is 56.8 Å². The Morgan fingerprint density at radius 1 is 0.921 bits per heavy atom. The van der Waals surface area contributed by atoms with Gasteiger partial charge >= 0.3 is 0 Å². The number of hydrogen-bond acceptors (Lipinski definition) is 5. The zero-order valence-corrected chi connectivity index (χ0v) is 23.0. The number of hydrogen-bond donors (Lipinski definition) is 2. The van der Waals surface area contributed by atoms with Crippen LogP contribution in [-0.2, 0) is 15.0 Å². The van der Waals surface area contributed by atoms with Crippen molar-refractivity contribution in [3.63, 3.8) is 0 Å². The van der Waals surface area contributed by atoms with Crippen LogP contribution in [0, 0.1) is 5.92 Å². The summed E-state index contributed by atoms with van der Waals surface area (Å²) in [6, 6.07) is 16.7. The van der Waals surface area contributed by atoms with Crippen LogP contribution in [0.1, 0.15) is 61.0 Å². The largest absolute Gasteiger partial charge is 0.496 e. The minimum absolute atomic E-state index is 0.0266. The summed E-state index contributed by atoms with van der Waals surface area (Å²) in [5, 5.41) is 3.23. The predicted molar refractivity (Wildman–Crippen MR) is 146 cm³/mol. The number of benzene rings is 2. The summed E-state index contributed by atoms with van der Waals surface area (Å²) >= 11 is 0. The second kappa shape index (κ2) is 12.7. The Labute approximate surface area is 225 Å². The Balaban J connectivity index is 1.40. The molecule has 2 aromatic rings. The average Bonchev–Trinajstić information content (AvgIpc) is 3.20. The van der Waals surface area contributed by atoms with Gasteiger partial charge in [-0.1, -0.05) is 42.5 Å². The molecule has 2 aliphatic rings. The first kappa shape index (κ1) is 28.1. The van der Waals surface area contributed by atoms with Gasteiger partial charge in [0.25, 0.3) is 16.1 Å². The van der Waals surface area contributed by atoms with Crippen LogP contribution in [0.5, 0.6) is 5.75 Å². The van der Waals surface area contributed by atoms with E-state index in [2.05, 4.69) is 10.0 Å². The zero-order chi connectivity index (χ0) is 27.1. The van der Waals surface area contributed by atoms with Gasteiger partial charge in [0.05, 0.1) is 18.7 Å². The van der Waals surface area contributed by atoms with Crippen LogP contribution in [0.25, 0.3) is 0 Å². The van der Waals surface area contributed by atoms with Crippen molar-refractivity contribution in [3.8, 4) is 5.75 Å². The van der Waals surface area contributed by atoms with Crippen molar-refractivity contribution in [2.24, 2.45) is 5.92 Å². The van der Waals surface area contributed by atoms with E-state index in [9.17, 15) is 18.0 Å². The molecule has 38 heavy (non-hydrogen) atoms. The molecule has 9 nitrogen and oxygen atoms in total. The number of para-hydroxylation sites is 1. The third-order valence-electron chi connectivity index (χ3n) is 7.60. The molecule has 2 fully saturated rings. The highest BCUT2D eigenvalue weighted by atomic mass is 32.2. The van der Waals surface area contributed by atoms with Crippen LogP contribution in [0.4, 0.5) is 0 Å². The van der Waals surface area contributed by atoms with E-state index in [4.69, 9.17) is 4.74 Å². The SMILES string of the molecule is COc1ccccc1C(=O)NC(c1ccccc1)C1CCC(NS(=O)(=O)N2CCCN(C(C)=O)CC2)CC1. The fourth-order valence-electron chi connectivity index (χ4n) is 5.49. The Bertz CT molecular complexity index is 1200. The second-order valence-electron chi connectivity index (χ2n) is 10.1. The zero-order valence-electron chi connectivity index (χ0n) is 22.1. The molecule has 2 amide bonds. The van der Waals surface area contributed by atoms with E-state index in [-0.39, 0.29) is 29.8 Å². The molecule has 0 aromatic heterocycles. The predicted octanol–water partition coefficient (Wildman–Crippen LogP) is 3.11. The minimum atomic E-state index is -3.65. The second-order valence-corrected chi connectivity index (χ2v) is 11.8. The molecule has 2 aromatic carbocycles. The van der Waals surface area contributed by atoms with Gasteiger partial charge in [0.1, 0.15) is 5.75 Å². The van der Waals surface area contributed by atoms with E-state index in [1.807, 2.05) is 42.5 Å². The Kier molecular flexibility index (Phi) is 9.40. The van der Waals surface area contributed by atoms with Crippen LogP contribution >= 0.6 is 0 Å². The Hall–Kier alpha value is -2.95. The molecular weight excluding hydrogens is 504 g/mol. The van der Waals surface area contributed by atoms with Gasteiger partial charge in [-0.25, -0.2) is 0 Å². The summed E-state index contributed by atoms with van der Waals surface area (Å²) in [4.78, 5) is 26.7. The first-order valence-corrected chi connectivity index (χ1v) is 14.7. The van der Waals surface area contributed by atoms with Gasteiger partial charge in [0, 0.05) is 39.1 Å². The van der Waals surface area contributed by atoms with Crippen LogP contribution in [0.2, 0.25) is 0 Å². The lowest BCUT2D eigenvalue weighted by atomic mass is 9.79. The first-order chi connectivity index (χ1) is 18.3. The third kappa shape index (κ3) is 6.92. The van der Waals surface area contributed by atoms with Crippen molar-refractivity contribution in [2.75, 3.05) is 33.3 Å². The molecule has 1 aliphatic heterocycles. The monoisotopic (exact) mass is 542 g/mol. The Morgan fingerprint density at radius 3 is 2.29 bits per heavy atom. The summed E-state index contributed by atoms with van der Waals surface area (Å²) in [7, 11) is -2.10. The van der Waals surface area contributed by atoms with Crippen molar-refractivity contribution >= 4 is 22.0 Å². The minimum Gasteiger partial charge on any atom is -0.496 e. The number of carbonyl (C=O) groups is 2. The van der Waals surface area contributed by atoms with Crippen molar-refractivity contribution < 1.29 is 22.7 Å². The van der Waals surface area contributed by atoms with Gasteiger partial charge in [0.2, 0.25) is 5.91 Å². The summed E-state index contributed by atoms with van der Waals surface area (Å²) < 4.78 is 36.0. The molecule has 1 saturated carbocycles. The molecule has 0 spiro atoms. The summed E-state index contributed by atoms with van der Waals surface area (Å²) in [5.41, 5.74) is 1.51. The number of nitrogens with one attached hydrogen (secondary N) is 2. The van der Waals surface area contributed by atoms with E-state index in [1.54, 1.807) is 24.1 Å². The lowest BCUT2D eigenvalue weighted by Crippen LogP contribution is -2.48. The van der Waals surface area contributed by atoms with Crippen molar-refractivity contribution in [1.29, 1.82) is 0 Å². The van der Waals surface area contributed by atoms with Gasteiger partial charge in [-0.05, 0) is 55.7 Å². The van der Waals surface area contributed by atoms with E-state index in [1.165, 1.54) is 11.2 Å². The number of amides is 2. The van der Waals surface area contributed by atoms with Crippen LogP contribution < -0.4 is 14.8 Å². The smallest absolute Gasteiger partial charge is 0.279 e. The third-order valence-corrected chi connectivity index (χ3v) is 9.27. The fourth-order valence-corrected chi connectivity index (χ4v) is 6.99. The van der Waals surface area contributed by atoms with E-state index < -0.39 is 10.2 Å². The van der Waals surface area contributed by atoms with Crippen molar-refractivity contribution in [3.05, 3.63) is 65.7 Å². The molecule has 10 heteroatoms. The van der Waals surface area contributed by atoms with E-state index in [0.717, 1.165) is 18.4 Å². The quantitative estimate of drug-likeness (QED) is 0.533. The summed E-state index contributed by atoms with van der Waals surface area (Å²) in [6.07, 6.45) is 3.54. The number of ether oxygens (including phenoxy) is 1. The molecule has 0 bridgehead atoms. The standard InChI is InChI=1S/C28H38N4O5S/c1-21(33)31-17-8-18-32(20-19-31)38(35,36)30-24-15-13-23(14-16-24)27(22-9-4-3-5-10-22)29-28(34)25-11-6-7-12-26(25)37-2/h3-7,9-12,23-24,27,30H,8,13-20H2,1-2H3,(H,29,34). The maximum Gasteiger partial charge on any atom is 0.279 e. The van der Waals surface area contributed by atoms with Gasteiger partial charge in [-0.15, -0.1) is 0 Å². The van der Waals surface area contributed by atoms with Gasteiger partial charge in [0.15, 0.2) is 0 Å². The molecule has 206 valence electrons. The molecule has 2 N–H and O–H groups in total. The number of carbonyl (C=O) groups excluding carboxylic acids is 2. The highest BCUT2D eigenvalue weighted by Gasteiger charge is 2.34. The lowest BCUT2D eigenvalue weighted by molar-refractivity contribution is -0.128. The molecule has 1 saturated heterocycles. The molecule has 0 radical (unpaired) electrons. The van der Waals surface area contributed by atoms with Gasteiger partial charge in [-0.3, -0.25) is 9.59 Å². The Morgan fingerprint density at radius 2 is 1.61 bits per heavy atom. The van der Waals surface area contributed by atoms with Crippen molar-refractivity contribution in [1.82, 2.24) is 19.2 Å². The van der Waals surface area contributed by atoms with Crippen molar-refractivity contribution in [2.45, 2.75) is 51.1 Å². The fraction of sp³-hybridized carbons (Fsp3) is 0.500. The molecule has 1 unspecified atom stereocenters. The van der Waals surface area contributed by atoms with Crippen LogP contribution in [-0.4, -0.2) is 68.8 Å². The van der Waals surface area contributed by atoms with Gasteiger partial charge < -0.3 is 15.0 Å². The molecular formula is C28H38N4O5S. The molecule has 1 aliphatic carbocycles. The normalized spacial score (nSPS) is 21.8. The molecule has 1 heterocycles. The topological polar surface area (TPSA) is 108 Å². The first-order valence-electron chi connectivity index (χ1n) is 13.3. The average molecular weight is 543 g/mol. The number of rotatable bonds is 8. The van der Waals surface area contributed by atoms with E-state index >= 15 is 0 Å². The van der Waals surface area contributed by atoms with Gasteiger partial charge in [-0.2, -0.15) is 17.4 Å². The maximum absolute atomic E-state index is 13.3. The lowest BCUT2D eigenvalue weighted by Gasteiger charge is -2.35. The van der Waals surface area contributed by atoms with Crippen LogP contribution in [0.15, 0.2) is 54.6 Å². The highest BCUT2D eigenvalue weighted by Crippen LogP contribution is 2.35. The summed E-state index contributed by atoms with van der Waals surface area (Å²) in [6.45, 7) is 3.21. The number of nitrogens with zero attached hydrogens (tertiary/aromatic N) is 2. The number of methoxy groups -OCH3 is 1. The summed E-state index contributed by atoms with van der Waals surface area (Å²) in [5.74, 6) is 0.468. The van der Waals surface area contributed by atoms with Crippen LogP contribution in [0.3, 0.4) is 0 Å². The maximum atomic E-state index is 13.3.